The quantitative estimate of drug-likeness (QED) is 0.0710. The van der Waals surface area contributed by atoms with Crippen LogP contribution in [0.2, 0.25) is 0 Å². The third kappa shape index (κ3) is 11.7. The van der Waals surface area contributed by atoms with Gasteiger partial charge in [0.05, 0.1) is 30.2 Å². The second-order valence-corrected chi connectivity index (χ2v) is 9.63. The summed E-state index contributed by atoms with van der Waals surface area (Å²) in [4.78, 5) is 12.5. The lowest BCUT2D eigenvalue weighted by Gasteiger charge is -2.08. The molecule has 6 heteroatoms. The van der Waals surface area contributed by atoms with Crippen LogP contribution in [0.25, 0.3) is 0 Å². The largest absolute Gasteiger partial charge is 0.494 e. The van der Waals surface area contributed by atoms with Gasteiger partial charge in [-0.2, -0.15) is 10.2 Å². The Hall–Kier alpha value is -3.67. The van der Waals surface area contributed by atoms with Gasteiger partial charge in [-0.05, 0) is 85.6 Å². The number of hydrogen-bond donors (Lipinski definition) is 0. The Bertz CT molecular complexity index is 1110. The number of carbonyl (C=O) groups is 1. The number of unbranched alkanes of at least 4 members (excludes halogenated alkanes) is 8. The molecule has 0 spiro atoms. The van der Waals surface area contributed by atoms with E-state index in [1.165, 1.54) is 44.9 Å². The van der Waals surface area contributed by atoms with E-state index in [2.05, 4.69) is 24.1 Å². The summed E-state index contributed by atoms with van der Waals surface area (Å²) in [6, 6.07) is 21.5. The zero-order valence-corrected chi connectivity index (χ0v) is 23.4. The fourth-order valence-electron chi connectivity index (χ4n) is 3.92. The number of hydrogen-bond acceptors (Lipinski definition) is 6. The van der Waals surface area contributed by atoms with Crippen molar-refractivity contribution in [2.45, 2.75) is 78.1 Å². The molecule has 39 heavy (non-hydrogen) atoms. The maximum atomic E-state index is 12.5. The van der Waals surface area contributed by atoms with Crippen LogP contribution in [0.5, 0.6) is 17.2 Å². The molecule has 0 radical (unpaired) electrons. The number of ether oxygens (including phenoxy) is 3. The van der Waals surface area contributed by atoms with Gasteiger partial charge in [-0.3, -0.25) is 0 Å². The molecule has 3 aromatic carbocycles. The van der Waals surface area contributed by atoms with E-state index in [1.807, 2.05) is 36.4 Å². The van der Waals surface area contributed by atoms with Gasteiger partial charge in [-0.1, -0.05) is 65.2 Å². The van der Waals surface area contributed by atoms with Gasteiger partial charge >= 0.3 is 5.97 Å². The Morgan fingerprint density at radius 2 is 0.974 bits per heavy atom. The minimum atomic E-state index is -0.416. The van der Waals surface area contributed by atoms with Gasteiger partial charge in [0.1, 0.15) is 17.2 Å². The molecule has 0 aliphatic rings. The minimum absolute atomic E-state index is 0.416. The summed E-state index contributed by atoms with van der Waals surface area (Å²) < 4.78 is 17.0. The van der Waals surface area contributed by atoms with E-state index in [9.17, 15) is 4.79 Å². The van der Waals surface area contributed by atoms with E-state index in [4.69, 9.17) is 14.2 Å². The smallest absolute Gasteiger partial charge is 0.343 e. The summed E-state index contributed by atoms with van der Waals surface area (Å²) in [5.74, 6) is 1.63. The topological polar surface area (TPSA) is 69.5 Å². The molecule has 0 unspecified atom stereocenters. The van der Waals surface area contributed by atoms with Crippen LogP contribution in [0.1, 0.15) is 88.4 Å². The Morgan fingerprint density at radius 1 is 0.538 bits per heavy atom. The highest BCUT2D eigenvalue weighted by atomic mass is 16.5. The van der Waals surface area contributed by atoms with Crippen molar-refractivity contribution < 1.29 is 19.0 Å². The fourth-order valence-corrected chi connectivity index (χ4v) is 3.92. The number of nitrogens with zero attached hydrogens (tertiary/aromatic N) is 2. The van der Waals surface area contributed by atoms with Crippen molar-refractivity contribution in [2.24, 2.45) is 10.2 Å². The summed E-state index contributed by atoms with van der Waals surface area (Å²) in [5, 5.41) is 8.51. The second-order valence-electron chi connectivity index (χ2n) is 9.63. The van der Waals surface area contributed by atoms with Gasteiger partial charge in [0.15, 0.2) is 0 Å². The van der Waals surface area contributed by atoms with E-state index in [0.29, 0.717) is 30.2 Å². The molecule has 0 atom stereocenters. The fraction of sp³-hybridized carbons (Fsp3) is 0.424. The lowest BCUT2D eigenvalue weighted by molar-refractivity contribution is 0.0734. The molecule has 0 amide bonds. The van der Waals surface area contributed by atoms with E-state index < -0.39 is 5.97 Å². The molecule has 3 rings (SSSR count). The lowest BCUT2D eigenvalue weighted by atomic mass is 10.1. The minimum Gasteiger partial charge on any atom is -0.494 e. The molecule has 0 aliphatic heterocycles. The van der Waals surface area contributed by atoms with Crippen LogP contribution in [0, 0.1) is 0 Å². The van der Waals surface area contributed by atoms with Crippen molar-refractivity contribution in [3.05, 3.63) is 78.4 Å². The summed E-state index contributed by atoms with van der Waals surface area (Å²) in [6.45, 7) is 5.79. The maximum absolute atomic E-state index is 12.5. The Morgan fingerprint density at radius 3 is 1.51 bits per heavy atom. The van der Waals surface area contributed by atoms with Crippen LogP contribution < -0.4 is 14.2 Å². The number of benzene rings is 3. The van der Waals surface area contributed by atoms with E-state index in [1.54, 1.807) is 36.4 Å². The normalized spacial score (nSPS) is 11.0. The highest BCUT2D eigenvalue weighted by molar-refractivity contribution is 5.91. The Kier molecular flexibility index (Phi) is 13.6. The predicted octanol–water partition coefficient (Wildman–Crippen LogP) is 10.0. The number of esters is 1. The molecule has 0 bridgehead atoms. The van der Waals surface area contributed by atoms with Crippen LogP contribution in [0.15, 0.2) is 83.0 Å². The zero-order valence-electron chi connectivity index (χ0n) is 23.4. The van der Waals surface area contributed by atoms with E-state index in [0.717, 1.165) is 36.4 Å². The van der Waals surface area contributed by atoms with Crippen LogP contribution in [-0.4, -0.2) is 19.2 Å². The van der Waals surface area contributed by atoms with Crippen LogP contribution in [0.4, 0.5) is 11.4 Å². The van der Waals surface area contributed by atoms with Gasteiger partial charge in [-0.25, -0.2) is 4.79 Å². The molecule has 0 aromatic heterocycles. The number of carbonyl (C=O) groups excluding carboxylic acids is 1. The molecule has 0 heterocycles. The molecule has 0 saturated carbocycles. The van der Waals surface area contributed by atoms with E-state index >= 15 is 0 Å². The van der Waals surface area contributed by atoms with Gasteiger partial charge in [0.2, 0.25) is 0 Å². The Labute approximate surface area is 233 Å². The molecule has 208 valence electrons. The molecular formula is C33H42N2O4. The van der Waals surface area contributed by atoms with Crippen molar-refractivity contribution in [3.8, 4) is 17.2 Å². The third-order valence-electron chi connectivity index (χ3n) is 6.29. The SMILES string of the molecule is CCCCCCCCCCOc1ccc(C(=O)Oc2ccc(N=Nc3ccc(OCCCC)cc3)cc2)cc1. The lowest BCUT2D eigenvalue weighted by Crippen LogP contribution is -2.08. The third-order valence-corrected chi connectivity index (χ3v) is 6.29. The van der Waals surface area contributed by atoms with Gasteiger partial charge in [0, 0.05) is 0 Å². The van der Waals surface area contributed by atoms with Crippen molar-refractivity contribution in [2.75, 3.05) is 13.2 Å². The molecule has 0 saturated heterocycles. The van der Waals surface area contributed by atoms with Gasteiger partial charge in [-0.15, -0.1) is 0 Å². The van der Waals surface area contributed by atoms with Gasteiger partial charge < -0.3 is 14.2 Å². The first-order valence-electron chi connectivity index (χ1n) is 14.4. The van der Waals surface area contributed by atoms with Crippen molar-refractivity contribution in [1.29, 1.82) is 0 Å². The van der Waals surface area contributed by atoms with Crippen molar-refractivity contribution >= 4 is 17.3 Å². The van der Waals surface area contributed by atoms with Crippen LogP contribution in [0.3, 0.4) is 0 Å². The molecule has 3 aromatic rings. The zero-order chi connectivity index (χ0) is 27.5. The summed E-state index contributed by atoms with van der Waals surface area (Å²) in [5.41, 5.74) is 1.87. The molecule has 0 aliphatic carbocycles. The number of rotatable bonds is 18. The summed E-state index contributed by atoms with van der Waals surface area (Å²) in [7, 11) is 0. The van der Waals surface area contributed by atoms with Crippen molar-refractivity contribution in [3.63, 3.8) is 0 Å². The monoisotopic (exact) mass is 530 g/mol. The maximum Gasteiger partial charge on any atom is 0.343 e. The molecule has 0 N–H and O–H groups in total. The Balaban J connectivity index is 1.38. The molecular weight excluding hydrogens is 488 g/mol. The second kappa shape index (κ2) is 17.8. The predicted molar refractivity (Wildman–Crippen MR) is 157 cm³/mol. The van der Waals surface area contributed by atoms with E-state index in [-0.39, 0.29) is 0 Å². The highest BCUT2D eigenvalue weighted by Crippen LogP contribution is 2.24. The summed E-state index contributed by atoms with van der Waals surface area (Å²) >= 11 is 0. The first kappa shape index (κ1) is 29.9. The average Bonchev–Trinajstić information content (AvgIpc) is 2.97. The summed E-state index contributed by atoms with van der Waals surface area (Å²) in [6.07, 6.45) is 12.3. The standard InChI is InChI=1S/C33H42N2O4/c1-3-5-7-8-9-10-11-12-26-38-30-19-13-27(14-20-30)33(36)39-32-23-17-29(18-24-32)35-34-28-15-21-31(22-16-28)37-25-6-4-2/h13-24H,3-12,25-26H2,1-2H3. The average molecular weight is 531 g/mol. The first-order valence-corrected chi connectivity index (χ1v) is 14.4. The van der Waals surface area contributed by atoms with Crippen LogP contribution in [-0.2, 0) is 0 Å². The first-order chi connectivity index (χ1) is 19.2. The van der Waals surface area contributed by atoms with Gasteiger partial charge in [0.25, 0.3) is 0 Å². The highest BCUT2D eigenvalue weighted by Gasteiger charge is 2.09. The molecule has 0 fully saturated rings. The molecule has 6 nitrogen and oxygen atoms in total. The number of azo groups is 1. The van der Waals surface area contributed by atoms with Crippen LogP contribution >= 0.6 is 0 Å². The van der Waals surface area contributed by atoms with Crippen molar-refractivity contribution in [1.82, 2.24) is 0 Å².